The van der Waals surface area contributed by atoms with E-state index in [1.165, 1.54) is 0 Å². The van der Waals surface area contributed by atoms with Crippen LogP contribution < -0.4 is 16.6 Å². The SMILES string of the molecule is NC(N)=N/[NH+]=C\c1ccc(Cl)c(Cl)c1. The fourth-order valence-corrected chi connectivity index (χ4v) is 1.09. The number of halogens is 2. The van der Waals surface area contributed by atoms with Crippen molar-refractivity contribution in [1.82, 2.24) is 0 Å². The van der Waals surface area contributed by atoms with E-state index in [2.05, 4.69) is 10.2 Å². The van der Waals surface area contributed by atoms with Gasteiger partial charge in [0.05, 0.1) is 10.0 Å². The molecule has 1 rings (SSSR count). The highest BCUT2D eigenvalue weighted by Crippen LogP contribution is 2.21. The van der Waals surface area contributed by atoms with Gasteiger partial charge in [-0.1, -0.05) is 23.2 Å². The average molecular weight is 232 g/mol. The van der Waals surface area contributed by atoms with Crippen LogP contribution in [0.5, 0.6) is 0 Å². The van der Waals surface area contributed by atoms with Crippen LogP contribution in [0.3, 0.4) is 0 Å². The summed E-state index contributed by atoms with van der Waals surface area (Å²) in [6.07, 6.45) is 1.60. The number of nitrogens with zero attached hydrogens (tertiary/aromatic N) is 1. The van der Waals surface area contributed by atoms with Gasteiger partial charge in [-0.3, -0.25) is 0 Å². The Hall–Kier alpha value is -1.26. The van der Waals surface area contributed by atoms with Gasteiger partial charge >= 0.3 is 0 Å². The molecule has 0 atom stereocenters. The topological polar surface area (TPSA) is 78.4 Å². The lowest BCUT2D eigenvalue weighted by Gasteiger charge is -1.93. The third-order valence-electron chi connectivity index (χ3n) is 1.37. The summed E-state index contributed by atoms with van der Waals surface area (Å²) < 4.78 is 0. The van der Waals surface area contributed by atoms with E-state index in [-0.39, 0.29) is 5.96 Å². The predicted octanol–water partition coefficient (Wildman–Crippen LogP) is -0.319. The van der Waals surface area contributed by atoms with Gasteiger partial charge in [-0.15, -0.1) is 5.10 Å². The van der Waals surface area contributed by atoms with Gasteiger partial charge in [0.25, 0.3) is 5.96 Å². The van der Waals surface area contributed by atoms with Gasteiger partial charge in [0.2, 0.25) is 6.21 Å². The lowest BCUT2D eigenvalue weighted by Crippen LogP contribution is -2.63. The van der Waals surface area contributed by atoms with Crippen molar-refractivity contribution in [2.45, 2.75) is 0 Å². The van der Waals surface area contributed by atoms with Gasteiger partial charge in [-0.2, -0.15) is 0 Å². The fourth-order valence-electron chi connectivity index (χ4n) is 0.784. The summed E-state index contributed by atoms with van der Waals surface area (Å²) in [4.78, 5) is 0. The first-order chi connectivity index (χ1) is 6.59. The van der Waals surface area contributed by atoms with Crippen LogP contribution in [-0.2, 0) is 0 Å². The molecule has 0 aromatic heterocycles. The van der Waals surface area contributed by atoms with Crippen LogP contribution in [0.1, 0.15) is 5.56 Å². The number of nitrogens with one attached hydrogen (secondary N) is 1. The number of hydrogen-bond acceptors (Lipinski definition) is 1. The van der Waals surface area contributed by atoms with E-state index in [1.54, 1.807) is 24.4 Å². The van der Waals surface area contributed by atoms with Crippen molar-refractivity contribution in [3.05, 3.63) is 33.8 Å². The number of hydrogen-bond donors (Lipinski definition) is 3. The molecule has 6 heteroatoms. The highest BCUT2D eigenvalue weighted by Gasteiger charge is 1.98. The second kappa shape index (κ2) is 4.83. The molecule has 0 spiro atoms. The molecule has 0 aliphatic rings. The van der Waals surface area contributed by atoms with Gasteiger partial charge in [-0.25, -0.2) is 0 Å². The Labute approximate surface area is 91.2 Å². The monoisotopic (exact) mass is 231 g/mol. The Bertz CT molecular complexity index is 383. The molecule has 0 heterocycles. The lowest BCUT2D eigenvalue weighted by molar-refractivity contribution is -0.456. The Morgan fingerprint density at radius 3 is 2.57 bits per heavy atom. The summed E-state index contributed by atoms with van der Waals surface area (Å²) in [6, 6.07) is 5.16. The Kier molecular flexibility index (Phi) is 3.73. The van der Waals surface area contributed by atoms with Gasteiger partial charge < -0.3 is 11.5 Å². The molecule has 4 nitrogen and oxygen atoms in total. The molecule has 14 heavy (non-hydrogen) atoms. The molecule has 0 fully saturated rings. The Morgan fingerprint density at radius 1 is 1.29 bits per heavy atom. The first-order valence-electron chi connectivity index (χ1n) is 3.72. The smallest absolute Gasteiger partial charge is 0.256 e. The molecule has 0 aliphatic carbocycles. The maximum Gasteiger partial charge on any atom is 0.256 e. The molecule has 0 saturated carbocycles. The van der Waals surface area contributed by atoms with Crippen LogP contribution in [0.25, 0.3) is 0 Å². The summed E-state index contributed by atoms with van der Waals surface area (Å²) in [5.41, 5.74) is 11.0. The summed E-state index contributed by atoms with van der Waals surface area (Å²) in [5.74, 6) is -0.0405. The van der Waals surface area contributed by atoms with Gasteiger partial charge in [0.1, 0.15) is 0 Å². The average Bonchev–Trinajstić information content (AvgIpc) is 2.10. The van der Waals surface area contributed by atoms with Crippen LogP contribution in [0.2, 0.25) is 10.0 Å². The molecule has 0 radical (unpaired) electrons. The second-order valence-corrected chi connectivity index (χ2v) is 3.30. The quantitative estimate of drug-likeness (QED) is 0.371. The first kappa shape index (κ1) is 10.8. The molecular formula is C8H9Cl2N4+. The van der Waals surface area contributed by atoms with Crippen LogP contribution in [0.15, 0.2) is 23.3 Å². The largest absolute Gasteiger partial charge is 0.365 e. The van der Waals surface area contributed by atoms with Crippen molar-refractivity contribution in [3.8, 4) is 0 Å². The van der Waals surface area contributed by atoms with E-state index in [0.717, 1.165) is 5.56 Å². The molecular weight excluding hydrogens is 223 g/mol. The number of benzene rings is 1. The van der Waals surface area contributed by atoms with E-state index < -0.39 is 0 Å². The molecule has 5 N–H and O–H groups in total. The molecule has 0 bridgehead atoms. The van der Waals surface area contributed by atoms with Crippen LogP contribution in [0.4, 0.5) is 0 Å². The lowest BCUT2D eigenvalue weighted by atomic mass is 10.2. The summed E-state index contributed by atoms with van der Waals surface area (Å²) >= 11 is 11.5. The van der Waals surface area contributed by atoms with Gasteiger partial charge in [-0.05, 0) is 18.2 Å². The fraction of sp³-hybridized carbons (Fsp3) is 0. The molecule has 0 saturated heterocycles. The molecule has 1 aromatic rings. The Morgan fingerprint density at radius 2 is 2.00 bits per heavy atom. The third-order valence-corrected chi connectivity index (χ3v) is 2.11. The van der Waals surface area contributed by atoms with Crippen molar-refractivity contribution >= 4 is 35.4 Å². The highest BCUT2D eigenvalue weighted by atomic mass is 35.5. The summed E-state index contributed by atoms with van der Waals surface area (Å²) in [5, 5.41) is 7.11. The van der Waals surface area contributed by atoms with Crippen molar-refractivity contribution < 1.29 is 5.10 Å². The van der Waals surface area contributed by atoms with E-state index in [9.17, 15) is 0 Å². The summed E-state index contributed by atoms with van der Waals surface area (Å²) in [7, 11) is 0. The zero-order valence-electron chi connectivity index (χ0n) is 7.17. The predicted molar refractivity (Wildman–Crippen MR) is 58.4 cm³/mol. The molecule has 0 unspecified atom stereocenters. The van der Waals surface area contributed by atoms with Gasteiger partial charge in [0, 0.05) is 10.7 Å². The number of nitrogens with two attached hydrogens (primary N) is 2. The maximum atomic E-state index is 5.79. The minimum absolute atomic E-state index is 0.0405. The zero-order chi connectivity index (χ0) is 10.6. The second-order valence-electron chi connectivity index (χ2n) is 2.48. The molecule has 0 amide bonds. The van der Waals surface area contributed by atoms with Crippen molar-refractivity contribution in [1.29, 1.82) is 0 Å². The van der Waals surface area contributed by atoms with Crippen LogP contribution >= 0.6 is 23.2 Å². The minimum Gasteiger partial charge on any atom is -0.365 e. The van der Waals surface area contributed by atoms with Gasteiger partial charge in [0.15, 0.2) is 0 Å². The van der Waals surface area contributed by atoms with E-state index in [4.69, 9.17) is 34.7 Å². The molecule has 1 aromatic carbocycles. The number of rotatable bonds is 2. The van der Waals surface area contributed by atoms with Crippen LogP contribution in [0, 0.1) is 0 Å². The zero-order valence-corrected chi connectivity index (χ0v) is 8.68. The molecule has 0 aliphatic heterocycles. The number of hydrazone groups is 1. The van der Waals surface area contributed by atoms with E-state index >= 15 is 0 Å². The van der Waals surface area contributed by atoms with Crippen molar-refractivity contribution in [3.63, 3.8) is 0 Å². The highest BCUT2D eigenvalue weighted by molar-refractivity contribution is 6.42. The van der Waals surface area contributed by atoms with Crippen molar-refractivity contribution in [2.75, 3.05) is 0 Å². The van der Waals surface area contributed by atoms with Crippen molar-refractivity contribution in [2.24, 2.45) is 16.6 Å². The first-order valence-corrected chi connectivity index (χ1v) is 4.47. The normalized spacial score (nSPS) is 10.4. The molecule has 74 valence electrons. The maximum absolute atomic E-state index is 5.79. The standard InChI is InChI=1S/C8H8Cl2N4/c9-6-2-1-5(3-7(6)10)4-13-14-8(11)12/h1-4H,(H4,11,12,14)/p+1/b13-4-. The van der Waals surface area contributed by atoms with E-state index in [0.29, 0.717) is 10.0 Å². The Balaban J connectivity index is 2.83. The van der Waals surface area contributed by atoms with E-state index in [1.807, 2.05) is 0 Å². The third kappa shape index (κ3) is 3.24. The van der Waals surface area contributed by atoms with Crippen LogP contribution in [-0.4, -0.2) is 12.2 Å². The minimum atomic E-state index is -0.0405. The summed E-state index contributed by atoms with van der Waals surface area (Å²) in [6.45, 7) is 0. The number of guanidine groups is 1.